The highest BCUT2D eigenvalue weighted by Gasteiger charge is 2.17. The van der Waals surface area contributed by atoms with Crippen molar-refractivity contribution in [2.24, 2.45) is 7.05 Å². The summed E-state index contributed by atoms with van der Waals surface area (Å²) >= 11 is 0. The Balaban J connectivity index is 2.18. The number of aromatic nitrogens is 1. The van der Waals surface area contributed by atoms with E-state index in [1.54, 1.807) is 13.1 Å². The fourth-order valence-corrected chi connectivity index (χ4v) is 2.03. The Bertz CT molecular complexity index is 679. The molecule has 0 fully saturated rings. The molecule has 0 atom stereocenters. The van der Waals surface area contributed by atoms with Crippen LogP contribution >= 0.6 is 0 Å². The van der Waals surface area contributed by atoms with Gasteiger partial charge in [0.15, 0.2) is 0 Å². The van der Waals surface area contributed by atoms with Gasteiger partial charge in [-0.3, -0.25) is 14.9 Å². The highest BCUT2D eigenvalue weighted by molar-refractivity contribution is 6.03. The van der Waals surface area contributed by atoms with E-state index in [1.165, 1.54) is 16.8 Å². The average molecular weight is 288 g/mol. The minimum Gasteiger partial charge on any atom is -0.340 e. The van der Waals surface area contributed by atoms with Crippen molar-refractivity contribution in [2.75, 3.05) is 12.4 Å². The molecule has 1 aromatic heterocycles. The van der Waals surface area contributed by atoms with Crippen LogP contribution in [0.25, 0.3) is 0 Å². The van der Waals surface area contributed by atoms with E-state index >= 15 is 0 Å². The normalized spacial score (nSPS) is 10.4. The first-order valence-corrected chi connectivity index (χ1v) is 6.37. The molecule has 0 aliphatic rings. The molecular weight excluding hydrogens is 272 g/mol. The summed E-state index contributed by atoms with van der Waals surface area (Å²) in [7, 11) is 3.44. The van der Waals surface area contributed by atoms with Gasteiger partial charge < -0.3 is 15.2 Å². The summed E-state index contributed by atoms with van der Waals surface area (Å²) in [5, 5.41) is 16.5. The average Bonchev–Trinajstić information content (AvgIpc) is 2.82. The van der Waals surface area contributed by atoms with Crippen LogP contribution in [0.2, 0.25) is 0 Å². The number of aryl methyl sites for hydroxylation is 1. The van der Waals surface area contributed by atoms with Gasteiger partial charge in [-0.1, -0.05) is 12.1 Å². The van der Waals surface area contributed by atoms with E-state index in [2.05, 4.69) is 10.6 Å². The maximum atomic E-state index is 12.2. The van der Waals surface area contributed by atoms with E-state index in [4.69, 9.17) is 0 Å². The maximum Gasteiger partial charge on any atom is 0.287 e. The van der Waals surface area contributed by atoms with Gasteiger partial charge in [0.1, 0.15) is 5.69 Å². The Hall–Kier alpha value is -2.67. The van der Waals surface area contributed by atoms with Crippen molar-refractivity contribution in [3.63, 3.8) is 0 Å². The number of carbonyl (C=O) groups is 1. The Labute approximate surface area is 121 Å². The second-order valence-electron chi connectivity index (χ2n) is 4.64. The van der Waals surface area contributed by atoms with Gasteiger partial charge in [0.05, 0.1) is 11.1 Å². The number of hydrogen-bond donors (Lipinski definition) is 2. The first-order valence-electron chi connectivity index (χ1n) is 6.37. The lowest BCUT2D eigenvalue weighted by Crippen LogP contribution is -2.15. The minimum atomic E-state index is -0.523. The molecular formula is C14H16N4O3. The molecule has 2 N–H and O–H groups in total. The number of carbonyl (C=O) groups excluding carboxylic acids is 1. The lowest BCUT2D eigenvalue weighted by Gasteiger charge is -2.07. The van der Waals surface area contributed by atoms with E-state index < -0.39 is 4.92 Å². The zero-order chi connectivity index (χ0) is 15.4. The molecule has 0 saturated heterocycles. The zero-order valence-electron chi connectivity index (χ0n) is 11.8. The predicted octanol–water partition coefficient (Wildman–Crippen LogP) is 1.91. The van der Waals surface area contributed by atoms with Crippen LogP contribution in [-0.2, 0) is 13.6 Å². The predicted molar refractivity (Wildman–Crippen MR) is 79.2 cm³/mol. The first-order chi connectivity index (χ1) is 10.0. The van der Waals surface area contributed by atoms with Crippen molar-refractivity contribution >= 4 is 17.3 Å². The van der Waals surface area contributed by atoms with Crippen molar-refractivity contribution in [3.05, 3.63) is 57.9 Å². The van der Waals surface area contributed by atoms with E-state index in [9.17, 15) is 14.9 Å². The van der Waals surface area contributed by atoms with Gasteiger partial charge in [-0.05, 0) is 24.7 Å². The van der Waals surface area contributed by atoms with E-state index in [-0.39, 0.29) is 17.3 Å². The van der Waals surface area contributed by atoms with E-state index in [0.717, 1.165) is 5.56 Å². The summed E-state index contributed by atoms with van der Waals surface area (Å²) in [6.45, 7) is 0.694. The largest absolute Gasteiger partial charge is 0.340 e. The monoisotopic (exact) mass is 288 g/mol. The Kier molecular flexibility index (Phi) is 4.34. The molecule has 7 heteroatoms. The van der Waals surface area contributed by atoms with Crippen molar-refractivity contribution in [3.8, 4) is 0 Å². The standard InChI is InChI=1S/C14H16N4O3/c1-15-8-10-4-3-5-11(6-10)16-14(19)13-7-12(18(20)21)9-17(13)2/h3-7,9,15H,8H2,1-2H3,(H,16,19). The number of nitrogens with one attached hydrogen (secondary N) is 2. The molecule has 1 heterocycles. The quantitative estimate of drug-likeness (QED) is 0.649. The SMILES string of the molecule is CNCc1cccc(NC(=O)c2cc([N+](=O)[O-])cn2C)c1. The van der Waals surface area contributed by atoms with Crippen LogP contribution < -0.4 is 10.6 Å². The molecule has 0 unspecified atom stereocenters. The number of nitro groups is 1. The maximum absolute atomic E-state index is 12.2. The molecule has 21 heavy (non-hydrogen) atoms. The first kappa shape index (κ1) is 14.7. The third-order valence-corrected chi connectivity index (χ3v) is 3.00. The lowest BCUT2D eigenvalue weighted by atomic mass is 10.2. The molecule has 0 spiro atoms. The zero-order valence-corrected chi connectivity index (χ0v) is 11.8. The van der Waals surface area contributed by atoms with Gasteiger partial charge >= 0.3 is 0 Å². The molecule has 0 saturated carbocycles. The molecule has 1 aromatic carbocycles. The van der Waals surface area contributed by atoms with Crippen LogP contribution in [0.3, 0.4) is 0 Å². The van der Waals surface area contributed by atoms with Gasteiger partial charge in [0, 0.05) is 25.3 Å². The lowest BCUT2D eigenvalue weighted by molar-refractivity contribution is -0.384. The molecule has 110 valence electrons. The van der Waals surface area contributed by atoms with Gasteiger partial charge in [-0.15, -0.1) is 0 Å². The van der Waals surface area contributed by atoms with Crippen LogP contribution in [0, 0.1) is 10.1 Å². The van der Waals surface area contributed by atoms with Crippen molar-refractivity contribution in [1.82, 2.24) is 9.88 Å². The van der Waals surface area contributed by atoms with Gasteiger partial charge in [0.2, 0.25) is 0 Å². The van der Waals surface area contributed by atoms with Crippen LogP contribution in [-0.4, -0.2) is 22.4 Å². The number of benzene rings is 1. The summed E-state index contributed by atoms with van der Waals surface area (Å²) in [5.74, 6) is -0.382. The molecule has 2 rings (SSSR count). The minimum absolute atomic E-state index is 0.105. The smallest absolute Gasteiger partial charge is 0.287 e. The number of rotatable bonds is 5. The molecule has 0 radical (unpaired) electrons. The summed E-state index contributed by atoms with van der Waals surface area (Å²) in [6, 6.07) is 8.67. The summed E-state index contributed by atoms with van der Waals surface area (Å²) in [4.78, 5) is 22.4. The highest BCUT2D eigenvalue weighted by atomic mass is 16.6. The number of hydrogen-bond acceptors (Lipinski definition) is 4. The van der Waals surface area contributed by atoms with Crippen LogP contribution in [0.1, 0.15) is 16.1 Å². The number of anilines is 1. The molecule has 2 aromatic rings. The van der Waals surface area contributed by atoms with Crippen molar-refractivity contribution in [1.29, 1.82) is 0 Å². The fourth-order valence-electron chi connectivity index (χ4n) is 2.03. The second-order valence-corrected chi connectivity index (χ2v) is 4.64. The third-order valence-electron chi connectivity index (χ3n) is 3.00. The summed E-state index contributed by atoms with van der Waals surface area (Å²) in [5.41, 5.74) is 1.82. The van der Waals surface area contributed by atoms with E-state index in [0.29, 0.717) is 12.2 Å². The summed E-state index contributed by atoms with van der Waals surface area (Å²) in [6.07, 6.45) is 1.31. The highest BCUT2D eigenvalue weighted by Crippen LogP contribution is 2.17. The van der Waals surface area contributed by atoms with Gasteiger partial charge in [-0.25, -0.2) is 0 Å². The Morgan fingerprint density at radius 1 is 1.38 bits per heavy atom. The number of amides is 1. The molecule has 7 nitrogen and oxygen atoms in total. The molecule has 0 aliphatic heterocycles. The van der Waals surface area contributed by atoms with Crippen molar-refractivity contribution < 1.29 is 9.72 Å². The van der Waals surface area contributed by atoms with Gasteiger partial charge in [-0.2, -0.15) is 0 Å². The Morgan fingerprint density at radius 3 is 2.76 bits per heavy atom. The van der Waals surface area contributed by atoms with Gasteiger partial charge in [0.25, 0.3) is 11.6 Å². The third kappa shape index (κ3) is 3.46. The van der Waals surface area contributed by atoms with Crippen LogP contribution in [0.15, 0.2) is 36.5 Å². The fraction of sp³-hybridized carbons (Fsp3) is 0.214. The van der Waals surface area contributed by atoms with Crippen LogP contribution in [0.5, 0.6) is 0 Å². The van der Waals surface area contributed by atoms with Crippen LogP contribution in [0.4, 0.5) is 11.4 Å². The Morgan fingerprint density at radius 2 is 2.14 bits per heavy atom. The van der Waals surface area contributed by atoms with E-state index in [1.807, 2.05) is 25.2 Å². The second kappa shape index (κ2) is 6.19. The number of nitrogens with zero attached hydrogens (tertiary/aromatic N) is 2. The molecule has 0 bridgehead atoms. The summed E-state index contributed by atoms with van der Waals surface area (Å²) < 4.78 is 1.44. The topological polar surface area (TPSA) is 89.2 Å². The van der Waals surface area contributed by atoms with Crippen molar-refractivity contribution in [2.45, 2.75) is 6.54 Å². The molecule has 1 amide bonds. The molecule has 0 aliphatic carbocycles.